The first-order valence-electron chi connectivity index (χ1n) is 9.31. The van der Waals surface area contributed by atoms with Crippen LogP contribution in [0.5, 0.6) is 5.75 Å². The number of methoxy groups -OCH3 is 1. The van der Waals surface area contributed by atoms with Crippen LogP contribution in [0.3, 0.4) is 0 Å². The number of hydrogen-bond donors (Lipinski definition) is 0. The predicted molar refractivity (Wildman–Crippen MR) is 109 cm³/mol. The van der Waals surface area contributed by atoms with Gasteiger partial charge in [0.25, 0.3) is 0 Å². The van der Waals surface area contributed by atoms with Gasteiger partial charge in [0.15, 0.2) is 5.16 Å². The molecule has 0 spiro atoms. The van der Waals surface area contributed by atoms with E-state index in [1.807, 2.05) is 64.1 Å². The molecule has 3 aromatic rings. The summed E-state index contributed by atoms with van der Waals surface area (Å²) in [6.45, 7) is 1.65. The second-order valence-electron chi connectivity index (χ2n) is 6.63. The van der Waals surface area contributed by atoms with Gasteiger partial charge in [-0.3, -0.25) is 9.36 Å². The SMILES string of the molecule is COc1cccc(-n2cnnc2S[C@@H](C(=O)N2CCCC2)c2ccccc2)c1. The lowest BCUT2D eigenvalue weighted by atomic mass is 10.1. The molecule has 0 aliphatic carbocycles. The molecule has 1 atom stereocenters. The molecule has 1 aromatic heterocycles. The highest BCUT2D eigenvalue weighted by atomic mass is 32.2. The molecule has 28 heavy (non-hydrogen) atoms. The molecule has 2 aromatic carbocycles. The molecule has 0 bridgehead atoms. The Hall–Kier alpha value is -2.80. The minimum atomic E-state index is -0.354. The Morgan fingerprint density at radius 3 is 2.64 bits per heavy atom. The highest BCUT2D eigenvalue weighted by Gasteiger charge is 2.30. The molecule has 0 saturated carbocycles. The number of carbonyl (C=O) groups excluding carboxylic acids is 1. The molecule has 1 aliphatic rings. The maximum absolute atomic E-state index is 13.2. The summed E-state index contributed by atoms with van der Waals surface area (Å²) >= 11 is 1.44. The molecule has 1 amide bonds. The van der Waals surface area contributed by atoms with Crippen LogP contribution in [0.15, 0.2) is 66.1 Å². The minimum Gasteiger partial charge on any atom is -0.497 e. The number of nitrogens with zero attached hydrogens (tertiary/aromatic N) is 4. The van der Waals surface area contributed by atoms with Crippen molar-refractivity contribution < 1.29 is 9.53 Å². The van der Waals surface area contributed by atoms with Gasteiger partial charge < -0.3 is 9.64 Å². The maximum Gasteiger partial charge on any atom is 0.240 e. The number of rotatable bonds is 6. The zero-order chi connectivity index (χ0) is 19.3. The molecule has 4 rings (SSSR count). The molecular weight excluding hydrogens is 372 g/mol. The zero-order valence-corrected chi connectivity index (χ0v) is 16.5. The summed E-state index contributed by atoms with van der Waals surface area (Å²) < 4.78 is 7.22. The third-order valence-electron chi connectivity index (χ3n) is 4.82. The summed E-state index contributed by atoms with van der Waals surface area (Å²) in [5.74, 6) is 0.892. The predicted octanol–water partition coefficient (Wildman–Crippen LogP) is 3.73. The fourth-order valence-corrected chi connectivity index (χ4v) is 4.45. The van der Waals surface area contributed by atoms with Crippen LogP contribution in [0, 0.1) is 0 Å². The average Bonchev–Trinajstić information content (AvgIpc) is 3.44. The topological polar surface area (TPSA) is 60.2 Å². The Morgan fingerprint density at radius 1 is 1.11 bits per heavy atom. The summed E-state index contributed by atoms with van der Waals surface area (Å²) in [4.78, 5) is 15.2. The maximum atomic E-state index is 13.2. The van der Waals surface area contributed by atoms with Crippen LogP contribution in [0.25, 0.3) is 5.69 Å². The summed E-state index contributed by atoms with van der Waals surface area (Å²) in [5, 5.41) is 8.69. The minimum absolute atomic E-state index is 0.133. The number of carbonyl (C=O) groups is 1. The Kier molecular flexibility index (Phi) is 5.62. The fourth-order valence-electron chi connectivity index (χ4n) is 3.34. The molecule has 1 aliphatic heterocycles. The normalized spacial score (nSPS) is 14.8. The van der Waals surface area contributed by atoms with Gasteiger partial charge in [0.1, 0.15) is 17.3 Å². The van der Waals surface area contributed by atoms with E-state index >= 15 is 0 Å². The number of amides is 1. The van der Waals surface area contributed by atoms with Gasteiger partial charge in [-0.05, 0) is 30.5 Å². The zero-order valence-electron chi connectivity index (χ0n) is 15.7. The quantitative estimate of drug-likeness (QED) is 0.596. The lowest BCUT2D eigenvalue weighted by molar-refractivity contribution is -0.129. The third-order valence-corrected chi connectivity index (χ3v) is 6.01. The Bertz CT molecular complexity index is 938. The van der Waals surface area contributed by atoms with Crippen LogP contribution in [0.4, 0.5) is 0 Å². The van der Waals surface area contributed by atoms with E-state index in [9.17, 15) is 4.79 Å². The first-order chi connectivity index (χ1) is 13.8. The van der Waals surface area contributed by atoms with Gasteiger partial charge in [0.05, 0.1) is 12.8 Å². The van der Waals surface area contributed by atoms with Crippen LogP contribution in [0.2, 0.25) is 0 Å². The van der Waals surface area contributed by atoms with Crippen molar-refractivity contribution >= 4 is 17.7 Å². The van der Waals surface area contributed by atoms with E-state index in [2.05, 4.69) is 10.2 Å². The highest BCUT2D eigenvalue weighted by Crippen LogP contribution is 2.37. The summed E-state index contributed by atoms with van der Waals surface area (Å²) in [6, 6.07) is 17.6. The first-order valence-corrected chi connectivity index (χ1v) is 10.2. The van der Waals surface area contributed by atoms with Gasteiger partial charge >= 0.3 is 0 Å². The van der Waals surface area contributed by atoms with E-state index in [1.54, 1.807) is 13.4 Å². The van der Waals surface area contributed by atoms with E-state index < -0.39 is 0 Å². The summed E-state index contributed by atoms with van der Waals surface area (Å²) in [5.41, 5.74) is 1.87. The molecule has 2 heterocycles. The molecule has 0 N–H and O–H groups in total. The van der Waals surface area contributed by atoms with Crippen molar-refractivity contribution in [2.75, 3.05) is 20.2 Å². The standard InChI is InChI=1S/C21H22N4O2S/c1-27-18-11-7-10-17(14-18)25-15-22-23-21(25)28-19(16-8-3-2-4-9-16)20(26)24-12-5-6-13-24/h2-4,7-11,14-15,19H,5-6,12-13H2,1H3/t19-/m1/s1. The third kappa shape index (κ3) is 3.89. The van der Waals surface area contributed by atoms with Gasteiger partial charge in [0.2, 0.25) is 5.91 Å². The summed E-state index contributed by atoms with van der Waals surface area (Å²) in [7, 11) is 1.64. The second-order valence-corrected chi connectivity index (χ2v) is 7.70. The molecule has 7 heteroatoms. The number of ether oxygens (including phenoxy) is 1. The Morgan fingerprint density at radius 2 is 1.89 bits per heavy atom. The molecule has 144 valence electrons. The van der Waals surface area contributed by atoms with Crippen LogP contribution in [-0.4, -0.2) is 45.8 Å². The van der Waals surface area contributed by atoms with Crippen molar-refractivity contribution in [1.82, 2.24) is 19.7 Å². The number of thioether (sulfide) groups is 1. The van der Waals surface area contributed by atoms with Gasteiger partial charge in [-0.1, -0.05) is 48.2 Å². The smallest absolute Gasteiger partial charge is 0.240 e. The van der Waals surface area contributed by atoms with E-state index in [4.69, 9.17) is 4.74 Å². The fraction of sp³-hybridized carbons (Fsp3) is 0.286. The molecule has 1 saturated heterocycles. The highest BCUT2D eigenvalue weighted by molar-refractivity contribution is 8.00. The van der Waals surface area contributed by atoms with Crippen LogP contribution in [-0.2, 0) is 4.79 Å². The number of hydrogen-bond acceptors (Lipinski definition) is 5. The number of benzene rings is 2. The van der Waals surface area contributed by atoms with Crippen molar-refractivity contribution in [3.8, 4) is 11.4 Å². The monoisotopic (exact) mass is 394 g/mol. The van der Waals surface area contributed by atoms with Gasteiger partial charge in [-0.15, -0.1) is 10.2 Å². The summed E-state index contributed by atoms with van der Waals surface area (Å²) in [6.07, 6.45) is 3.80. The van der Waals surface area contributed by atoms with Crippen molar-refractivity contribution in [1.29, 1.82) is 0 Å². The lowest BCUT2D eigenvalue weighted by Gasteiger charge is -2.23. The van der Waals surface area contributed by atoms with Crippen molar-refractivity contribution in [3.05, 3.63) is 66.5 Å². The van der Waals surface area contributed by atoms with Gasteiger partial charge in [-0.25, -0.2) is 0 Å². The van der Waals surface area contributed by atoms with Gasteiger partial charge in [-0.2, -0.15) is 0 Å². The Balaban J connectivity index is 1.66. The first kappa shape index (κ1) is 18.6. The van der Waals surface area contributed by atoms with Crippen molar-refractivity contribution in [2.24, 2.45) is 0 Å². The van der Waals surface area contributed by atoms with Gasteiger partial charge in [0, 0.05) is 19.2 Å². The van der Waals surface area contributed by atoms with Crippen molar-refractivity contribution in [2.45, 2.75) is 23.2 Å². The largest absolute Gasteiger partial charge is 0.497 e. The second kappa shape index (κ2) is 8.48. The number of aromatic nitrogens is 3. The molecular formula is C21H22N4O2S. The van der Waals surface area contributed by atoms with Crippen LogP contribution < -0.4 is 4.74 Å². The van der Waals surface area contributed by atoms with Crippen molar-refractivity contribution in [3.63, 3.8) is 0 Å². The van der Waals surface area contributed by atoms with Crippen LogP contribution in [0.1, 0.15) is 23.7 Å². The van der Waals surface area contributed by atoms with E-state index in [1.165, 1.54) is 11.8 Å². The van der Waals surface area contributed by atoms with E-state index in [0.717, 1.165) is 42.9 Å². The van der Waals surface area contributed by atoms with E-state index in [-0.39, 0.29) is 11.2 Å². The van der Waals surface area contributed by atoms with E-state index in [0.29, 0.717) is 5.16 Å². The average molecular weight is 395 g/mol. The molecule has 0 radical (unpaired) electrons. The Labute approximate surface area is 168 Å². The molecule has 0 unspecified atom stereocenters. The van der Waals surface area contributed by atoms with Crippen LogP contribution >= 0.6 is 11.8 Å². The molecule has 6 nitrogen and oxygen atoms in total. The molecule has 1 fully saturated rings. The lowest BCUT2D eigenvalue weighted by Crippen LogP contribution is -2.31. The number of likely N-dealkylation sites (tertiary alicyclic amines) is 1.